The third-order valence-electron chi connectivity index (χ3n) is 4.86. The van der Waals surface area contributed by atoms with E-state index in [0.717, 1.165) is 15.6 Å². The molecule has 1 saturated heterocycles. The van der Waals surface area contributed by atoms with Crippen LogP contribution in [0.2, 0.25) is 0 Å². The Kier molecular flexibility index (Phi) is 6.01. The zero-order valence-corrected chi connectivity index (χ0v) is 18.1. The molecule has 1 aliphatic rings. The minimum atomic E-state index is -0.310. The van der Waals surface area contributed by atoms with Crippen LogP contribution in [0.1, 0.15) is 27.7 Å². The van der Waals surface area contributed by atoms with E-state index in [1.165, 1.54) is 18.4 Å². The summed E-state index contributed by atoms with van der Waals surface area (Å²) in [5.74, 6) is 0.210. The number of thioether (sulfide) groups is 1. The van der Waals surface area contributed by atoms with Crippen LogP contribution in [-0.4, -0.2) is 41.9 Å². The van der Waals surface area contributed by atoms with Gasteiger partial charge in [-0.25, -0.2) is 0 Å². The van der Waals surface area contributed by atoms with Crippen molar-refractivity contribution in [1.29, 1.82) is 0 Å². The summed E-state index contributed by atoms with van der Waals surface area (Å²) in [7, 11) is 1.54. The first-order valence-corrected chi connectivity index (χ1v) is 11.4. The minimum Gasteiger partial charge on any atom is -0.496 e. The molecule has 1 fully saturated rings. The molecule has 0 saturated carbocycles. The summed E-state index contributed by atoms with van der Waals surface area (Å²) in [6.45, 7) is 0.551. The maximum Gasteiger partial charge on any atom is 0.261 e. The number of methoxy groups -OCH3 is 1. The highest BCUT2D eigenvalue weighted by atomic mass is 32.2. The second kappa shape index (κ2) is 8.85. The Hall–Kier alpha value is -2.91. The number of anilines is 2. The van der Waals surface area contributed by atoms with Gasteiger partial charge in [-0.15, -0.1) is 22.0 Å². The Morgan fingerprint density at radius 1 is 1.23 bits per heavy atom. The lowest BCUT2D eigenvalue weighted by Gasteiger charge is -2.15. The highest BCUT2D eigenvalue weighted by molar-refractivity contribution is 7.98. The molecule has 9 heteroatoms. The van der Waals surface area contributed by atoms with Crippen LogP contribution >= 0.6 is 23.1 Å². The van der Waals surface area contributed by atoms with Crippen LogP contribution < -0.4 is 15.0 Å². The molecule has 1 atom stereocenters. The minimum absolute atomic E-state index is 0.0451. The first-order valence-electron chi connectivity index (χ1n) is 9.31. The van der Waals surface area contributed by atoms with Crippen molar-refractivity contribution in [2.24, 2.45) is 0 Å². The molecule has 4 rings (SSSR count). The average molecular weight is 441 g/mol. The standard InChI is InChI=1S/C21H20N4O3S2/c1-28-17-11-15(29-2)8-9-16(17)19(27)22-21-24-23-20(30-21)13-10-18(26)25(12-13)14-6-4-3-5-7-14/h3-9,11,13H,10,12H2,1-2H3,(H,22,24,27). The Balaban J connectivity index is 1.46. The van der Waals surface area contributed by atoms with Gasteiger partial charge in [-0.3, -0.25) is 14.9 Å². The van der Waals surface area contributed by atoms with Gasteiger partial charge in [0.05, 0.1) is 12.7 Å². The quantitative estimate of drug-likeness (QED) is 0.583. The number of amides is 2. The molecule has 2 aromatic carbocycles. The van der Waals surface area contributed by atoms with Crippen molar-refractivity contribution >= 4 is 45.7 Å². The van der Waals surface area contributed by atoms with E-state index in [2.05, 4.69) is 15.5 Å². The molecule has 1 aromatic heterocycles. The van der Waals surface area contributed by atoms with Gasteiger partial charge in [0, 0.05) is 29.5 Å². The molecule has 0 bridgehead atoms. The molecule has 7 nitrogen and oxygen atoms in total. The van der Waals surface area contributed by atoms with Crippen LogP contribution in [0.4, 0.5) is 10.8 Å². The van der Waals surface area contributed by atoms with Gasteiger partial charge >= 0.3 is 0 Å². The number of benzene rings is 2. The van der Waals surface area contributed by atoms with E-state index >= 15 is 0 Å². The number of rotatable bonds is 6. The lowest BCUT2D eigenvalue weighted by Crippen LogP contribution is -2.24. The third kappa shape index (κ3) is 4.17. The first-order chi connectivity index (χ1) is 14.6. The largest absolute Gasteiger partial charge is 0.496 e. The van der Waals surface area contributed by atoms with Crippen LogP contribution in [-0.2, 0) is 4.79 Å². The summed E-state index contributed by atoms with van der Waals surface area (Å²) in [4.78, 5) is 27.9. The number of para-hydroxylation sites is 1. The molecule has 0 radical (unpaired) electrons. The second-order valence-electron chi connectivity index (χ2n) is 6.71. The Morgan fingerprint density at radius 2 is 2.03 bits per heavy atom. The molecular formula is C21H20N4O3S2. The number of carbonyl (C=O) groups excluding carboxylic acids is 2. The molecular weight excluding hydrogens is 420 g/mol. The predicted octanol–water partition coefficient (Wildman–Crippen LogP) is 4.04. The SMILES string of the molecule is COc1cc(SC)ccc1C(=O)Nc1nnc(C2CC(=O)N(c3ccccc3)C2)s1. The molecule has 1 N–H and O–H groups in total. The van der Waals surface area contributed by atoms with Crippen molar-refractivity contribution in [3.8, 4) is 5.75 Å². The normalized spacial score (nSPS) is 16.0. The number of hydrogen-bond donors (Lipinski definition) is 1. The molecule has 0 spiro atoms. The van der Waals surface area contributed by atoms with E-state index in [1.54, 1.807) is 22.7 Å². The molecule has 30 heavy (non-hydrogen) atoms. The zero-order chi connectivity index (χ0) is 21.1. The van der Waals surface area contributed by atoms with E-state index in [1.807, 2.05) is 48.7 Å². The maximum absolute atomic E-state index is 12.7. The summed E-state index contributed by atoms with van der Waals surface area (Å²) in [6, 6.07) is 15.0. The summed E-state index contributed by atoms with van der Waals surface area (Å²) in [5, 5.41) is 12.2. The van der Waals surface area contributed by atoms with E-state index in [4.69, 9.17) is 4.74 Å². The van der Waals surface area contributed by atoms with Crippen molar-refractivity contribution in [2.75, 3.05) is 30.1 Å². The summed E-state index contributed by atoms with van der Waals surface area (Å²) in [5.41, 5.74) is 1.31. The number of ether oxygens (including phenoxy) is 1. The van der Waals surface area contributed by atoms with Crippen molar-refractivity contribution < 1.29 is 14.3 Å². The monoisotopic (exact) mass is 440 g/mol. The zero-order valence-electron chi connectivity index (χ0n) is 16.5. The van der Waals surface area contributed by atoms with E-state index in [0.29, 0.717) is 29.4 Å². The summed E-state index contributed by atoms with van der Waals surface area (Å²) in [6.07, 6.45) is 2.34. The third-order valence-corrected chi connectivity index (χ3v) is 6.58. The van der Waals surface area contributed by atoms with Crippen molar-refractivity contribution in [3.05, 3.63) is 59.1 Å². The number of aromatic nitrogens is 2. The fourth-order valence-corrected chi connectivity index (χ4v) is 4.59. The van der Waals surface area contributed by atoms with Gasteiger partial charge in [-0.2, -0.15) is 0 Å². The summed E-state index contributed by atoms with van der Waals surface area (Å²) >= 11 is 2.87. The topological polar surface area (TPSA) is 84.4 Å². The number of hydrogen-bond acceptors (Lipinski definition) is 7. The fourth-order valence-electron chi connectivity index (χ4n) is 3.33. The molecule has 2 amide bonds. The Labute approximate surface area is 182 Å². The Morgan fingerprint density at radius 3 is 2.77 bits per heavy atom. The molecule has 1 unspecified atom stereocenters. The smallest absolute Gasteiger partial charge is 0.261 e. The predicted molar refractivity (Wildman–Crippen MR) is 119 cm³/mol. The Bertz CT molecular complexity index is 1070. The van der Waals surface area contributed by atoms with Crippen LogP contribution in [0.15, 0.2) is 53.4 Å². The molecule has 3 aromatic rings. The molecule has 1 aliphatic heterocycles. The van der Waals surface area contributed by atoms with E-state index < -0.39 is 0 Å². The van der Waals surface area contributed by atoms with E-state index in [9.17, 15) is 9.59 Å². The van der Waals surface area contributed by atoms with Crippen molar-refractivity contribution in [3.63, 3.8) is 0 Å². The van der Waals surface area contributed by atoms with Crippen LogP contribution in [0.25, 0.3) is 0 Å². The van der Waals surface area contributed by atoms with Crippen molar-refractivity contribution in [2.45, 2.75) is 17.2 Å². The lowest BCUT2D eigenvalue weighted by atomic mass is 10.1. The molecule has 2 heterocycles. The van der Waals surface area contributed by atoms with Gasteiger partial charge < -0.3 is 9.64 Å². The van der Waals surface area contributed by atoms with Crippen LogP contribution in [0.3, 0.4) is 0 Å². The summed E-state index contributed by atoms with van der Waals surface area (Å²) < 4.78 is 5.35. The average Bonchev–Trinajstić information content (AvgIpc) is 3.40. The maximum atomic E-state index is 12.7. The van der Waals surface area contributed by atoms with E-state index in [-0.39, 0.29) is 17.7 Å². The molecule has 154 valence electrons. The number of carbonyl (C=O) groups is 2. The second-order valence-corrected chi connectivity index (χ2v) is 8.60. The highest BCUT2D eigenvalue weighted by Gasteiger charge is 2.34. The van der Waals surface area contributed by atoms with Crippen molar-refractivity contribution in [1.82, 2.24) is 10.2 Å². The van der Waals surface area contributed by atoms with Gasteiger partial charge in [0.15, 0.2) is 0 Å². The number of nitrogens with one attached hydrogen (secondary N) is 1. The number of nitrogens with zero attached hydrogens (tertiary/aromatic N) is 3. The van der Waals surface area contributed by atoms with Gasteiger partial charge in [0.1, 0.15) is 10.8 Å². The lowest BCUT2D eigenvalue weighted by molar-refractivity contribution is -0.117. The fraction of sp³-hybridized carbons (Fsp3) is 0.238. The van der Waals surface area contributed by atoms with Gasteiger partial charge in [0.2, 0.25) is 11.0 Å². The van der Waals surface area contributed by atoms with Crippen LogP contribution in [0.5, 0.6) is 5.75 Å². The highest BCUT2D eigenvalue weighted by Crippen LogP contribution is 2.34. The van der Waals surface area contributed by atoms with Gasteiger partial charge in [-0.1, -0.05) is 29.5 Å². The first kappa shape index (κ1) is 20.4. The van der Waals surface area contributed by atoms with Crippen LogP contribution in [0, 0.1) is 0 Å². The van der Waals surface area contributed by atoms with Gasteiger partial charge in [0.25, 0.3) is 5.91 Å². The molecule has 0 aliphatic carbocycles. The van der Waals surface area contributed by atoms with Gasteiger partial charge in [-0.05, 0) is 36.6 Å².